The van der Waals surface area contributed by atoms with Gasteiger partial charge in [-0.25, -0.2) is 4.98 Å². The third-order valence-electron chi connectivity index (χ3n) is 4.36. The molecule has 1 N–H and O–H groups in total. The van der Waals surface area contributed by atoms with Gasteiger partial charge in [0.2, 0.25) is 0 Å². The van der Waals surface area contributed by atoms with E-state index in [1.807, 2.05) is 53.9 Å². The summed E-state index contributed by atoms with van der Waals surface area (Å²) in [5, 5.41) is 8.29. The van der Waals surface area contributed by atoms with Gasteiger partial charge in [0.05, 0.1) is 17.9 Å². The first-order chi connectivity index (χ1) is 12.8. The van der Waals surface area contributed by atoms with Crippen LogP contribution in [0.3, 0.4) is 0 Å². The third kappa shape index (κ3) is 3.04. The lowest BCUT2D eigenvalue weighted by Gasteiger charge is -2.09. The molecule has 4 rings (SSSR count). The van der Waals surface area contributed by atoms with Crippen LogP contribution in [0.15, 0.2) is 60.8 Å². The van der Waals surface area contributed by atoms with Gasteiger partial charge in [-0.1, -0.05) is 43.3 Å². The highest BCUT2D eigenvalue weighted by Crippen LogP contribution is 2.29. The van der Waals surface area contributed by atoms with E-state index in [9.17, 15) is 0 Å². The van der Waals surface area contributed by atoms with Crippen LogP contribution in [0, 0.1) is 6.92 Å². The van der Waals surface area contributed by atoms with E-state index >= 15 is 0 Å². The largest absolute Gasteiger partial charge is 0.364 e. The molecule has 5 heteroatoms. The fraction of sp³-hybridized carbons (Fsp3) is 0.190. The van der Waals surface area contributed by atoms with Crippen molar-refractivity contribution >= 4 is 11.5 Å². The van der Waals surface area contributed by atoms with Gasteiger partial charge in [-0.05, 0) is 31.0 Å². The van der Waals surface area contributed by atoms with Crippen molar-refractivity contribution < 1.29 is 0 Å². The normalized spacial score (nSPS) is 11.0. The van der Waals surface area contributed by atoms with Gasteiger partial charge in [0.15, 0.2) is 5.65 Å². The Kier molecular flexibility index (Phi) is 4.35. The average Bonchev–Trinajstić information content (AvgIpc) is 3.06. The molecule has 0 radical (unpaired) electrons. The SMILES string of the molecule is CCc1nn2c(NCc3ccccn3)cc(C)nc2c1-c1ccccc1. The summed E-state index contributed by atoms with van der Waals surface area (Å²) in [6.07, 6.45) is 2.66. The molecule has 0 unspecified atom stereocenters. The molecule has 5 nitrogen and oxygen atoms in total. The van der Waals surface area contributed by atoms with Crippen LogP contribution in [-0.4, -0.2) is 19.6 Å². The first-order valence-corrected chi connectivity index (χ1v) is 8.84. The predicted molar refractivity (Wildman–Crippen MR) is 104 cm³/mol. The summed E-state index contributed by atoms with van der Waals surface area (Å²) in [6.45, 7) is 4.78. The summed E-state index contributed by atoms with van der Waals surface area (Å²) in [5.74, 6) is 0.926. The molecule has 3 heterocycles. The lowest BCUT2D eigenvalue weighted by atomic mass is 10.0. The second kappa shape index (κ2) is 6.96. The second-order valence-electron chi connectivity index (χ2n) is 6.23. The number of hydrogen-bond donors (Lipinski definition) is 1. The van der Waals surface area contributed by atoms with Crippen LogP contribution < -0.4 is 5.32 Å². The lowest BCUT2D eigenvalue weighted by molar-refractivity contribution is 0.873. The highest BCUT2D eigenvalue weighted by molar-refractivity contribution is 5.81. The van der Waals surface area contributed by atoms with E-state index in [-0.39, 0.29) is 0 Å². The summed E-state index contributed by atoms with van der Waals surface area (Å²) >= 11 is 0. The number of nitrogens with one attached hydrogen (secondary N) is 1. The zero-order valence-electron chi connectivity index (χ0n) is 15.0. The summed E-state index contributed by atoms with van der Waals surface area (Å²) in [4.78, 5) is 9.16. The van der Waals surface area contributed by atoms with Crippen LogP contribution in [0.25, 0.3) is 16.8 Å². The van der Waals surface area contributed by atoms with Crippen molar-refractivity contribution in [2.24, 2.45) is 0 Å². The Balaban J connectivity index is 1.81. The molecule has 0 saturated carbocycles. The van der Waals surface area contributed by atoms with Crippen LogP contribution in [0.4, 0.5) is 5.82 Å². The van der Waals surface area contributed by atoms with Crippen molar-refractivity contribution in [2.45, 2.75) is 26.8 Å². The molecule has 0 bridgehead atoms. The van der Waals surface area contributed by atoms with Gasteiger partial charge in [0, 0.05) is 23.5 Å². The van der Waals surface area contributed by atoms with E-state index in [1.54, 1.807) is 6.20 Å². The summed E-state index contributed by atoms with van der Waals surface area (Å²) in [6, 6.07) is 18.3. The van der Waals surface area contributed by atoms with E-state index in [0.717, 1.165) is 46.1 Å². The molecule has 0 saturated heterocycles. The molecule has 130 valence electrons. The number of hydrogen-bond acceptors (Lipinski definition) is 4. The number of aromatic nitrogens is 4. The molecule has 0 fully saturated rings. The van der Waals surface area contributed by atoms with Gasteiger partial charge < -0.3 is 5.32 Å². The van der Waals surface area contributed by atoms with Gasteiger partial charge in [-0.2, -0.15) is 9.61 Å². The fourth-order valence-corrected chi connectivity index (χ4v) is 3.14. The lowest BCUT2D eigenvalue weighted by Crippen LogP contribution is -2.07. The maximum absolute atomic E-state index is 4.83. The number of benzene rings is 1. The Bertz CT molecular complexity index is 1020. The number of aryl methyl sites for hydroxylation is 2. The molecular weight excluding hydrogens is 322 g/mol. The molecule has 4 aromatic rings. The Labute approximate surface area is 152 Å². The minimum absolute atomic E-state index is 0.640. The Morgan fingerprint density at radius 3 is 2.58 bits per heavy atom. The summed E-state index contributed by atoms with van der Waals surface area (Å²) in [5.41, 5.74) is 6.14. The molecule has 0 spiro atoms. The molecular formula is C21H21N5. The van der Waals surface area contributed by atoms with Gasteiger partial charge in [-0.15, -0.1) is 0 Å². The van der Waals surface area contributed by atoms with Gasteiger partial charge >= 0.3 is 0 Å². The summed E-state index contributed by atoms with van der Waals surface area (Å²) in [7, 11) is 0. The molecule has 0 atom stereocenters. The number of pyridine rings is 1. The molecule has 0 aliphatic carbocycles. The predicted octanol–water partition coefficient (Wildman–Crippen LogP) is 4.27. The quantitative estimate of drug-likeness (QED) is 0.588. The van der Waals surface area contributed by atoms with Crippen LogP contribution >= 0.6 is 0 Å². The first-order valence-electron chi connectivity index (χ1n) is 8.84. The second-order valence-corrected chi connectivity index (χ2v) is 6.23. The van der Waals surface area contributed by atoms with Gasteiger partial charge in [0.25, 0.3) is 0 Å². The van der Waals surface area contributed by atoms with Crippen LogP contribution in [-0.2, 0) is 13.0 Å². The number of anilines is 1. The van der Waals surface area contributed by atoms with Crippen LogP contribution in [0.2, 0.25) is 0 Å². The van der Waals surface area contributed by atoms with E-state index in [2.05, 4.69) is 29.4 Å². The van der Waals surface area contributed by atoms with E-state index in [0.29, 0.717) is 6.54 Å². The smallest absolute Gasteiger partial charge is 0.165 e. The highest BCUT2D eigenvalue weighted by atomic mass is 15.3. The maximum atomic E-state index is 4.83. The van der Waals surface area contributed by atoms with Crippen LogP contribution in [0.1, 0.15) is 24.0 Å². The number of rotatable bonds is 5. The first kappa shape index (κ1) is 16.3. The maximum Gasteiger partial charge on any atom is 0.165 e. The standard InChI is InChI=1S/C21H21N5/c1-3-18-20(16-9-5-4-6-10-16)21-24-15(2)13-19(26(21)25-18)23-14-17-11-7-8-12-22-17/h4-13,23H,3,14H2,1-2H3. The van der Waals surface area contributed by atoms with Crippen molar-refractivity contribution in [3.05, 3.63) is 77.9 Å². The highest BCUT2D eigenvalue weighted by Gasteiger charge is 2.17. The molecule has 0 amide bonds. The monoisotopic (exact) mass is 343 g/mol. The molecule has 3 aromatic heterocycles. The van der Waals surface area contributed by atoms with Gasteiger partial charge in [-0.3, -0.25) is 4.98 Å². The van der Waals surface area contributed by atoms with Crippen molar-refractivity contribution in [2.75, 3.05) is 5.32 Å². The van der Waals surface area contributed by atoms with E-state index < -0.39 is 0 Å². The zero-order valence-corrected chi connectivity index (χ0v) is 15.0. The number of nitrogens with zero attached hydrogens (tertiary/aromatic N) is 4. The van der Waals surface area contributed by atoms with Crippen molar-refractivity contribution in [3.63, 3.8) is 0 Å². The van der Waals surface area contributed by atoms with Crippen molar-refractivity contribution in [1.29, 1.82) is 0 Å². The van der Waals surface area contributed by atoms with E-state index in [1.165, 1.54) is 0 Å². The Morgan fingerprint density at radius 1 is 1.04 bits per heavy atom. The molecule has 0 aliphatic heterocycles. The van der Waals surface area contributed by atoms with E-state index in [4.69, 9.17) is 10.1 Å². The van der Waals surface area contributed by atoms with Crippen molar-refractivity contribution in [1.82, 2.24) is 19.6 Å². The molecule has 1 aromatic carbocycles. The average molecular weight is 343 g/mol. The van der Waals surface area contributed by atoms with Crippen molar-refractivity contribution in [3.8, 4) is 11.1 Å². The Morgan fingerprint density at radius 2 is 1.85 bits per heavy atom. The zero-order chi connectivity index (χ0) is 17.9. The Hall–Kier alpha value is -3.21. The molecule has 26 heavy (non-hydrogen) atoms. The fourth-order valence-electron chi connectivity index (χ4n) is 3.14. The minimum atomic E-state index is 0.640. The topological polar surface area (TPSA) is 55.1 Å². The third-order valence-corrected chi connectivity index (χ3v) is 4.36. The van der Waals surface area contributed by atoms with Crippen LogP contribution in [0.5, 0.6) is 0 Å². The van der Waals surface area contributed by atoms with Gasteiger partial charge in [0.1, 0.15) is 5.82 Å². The number of fused-ring (bicyclic) bond motifs is 1. The molecule has 0 aliphatic rings. The minimum Gasteiger partial charge on any atom is -0.364 e. The summed E-state index contributed by atoms with van der Waals surface area (Å²) < 4.78 is 1.91.